The lowest BCUT2D eigenvalue weighted by atomic mass is 10.0. The van der Waals surface area contributed by atoms with E-state index >= 15 is 0 Å². The number of fused-ring (bicyclic) bond motifs is 1. The molecule has 0 aliphatic carbocycles. The molecule has 0 radical (unpaired) electrons. The van der Waals surface area contributed by atoms with E-state index in [4.69, 9.17) is 0 Å². The molecule has 3 aromatic carbocycles. The number of aliphatic hydroxyl groups excluding tert-OH is 1. The molecule has 0 bridgehead atoms. The second kappa shape index (κ2) is 7.70. The fourth-order valence-corrected chi connectivity index (χ4v) is 3.68. The van der Waals surface area contributed by atoms with Crippen molar-refractivity contribution in [3.05, 3.63) is 98.7 Å². The average molecular weight is 435 g/mol. The van der Waals surface area contributed by atoms with Crippen LogP contribution in [0.5, 0.6) is 0 Å². The maximum absolute atomic E-state index is 13.0. The Bertz CT molecular complexity index is 1200. The van der Waals surface area contributed by atoms with Crippen LogP contribution in [0.15, 0.2) is 82.1 Å². The molecule has 0 aliphatic rings. The molecule has 1 heterocycles. The number of nitrogens with zero attached hydrogens (tertiary/aromatic N) is 2. The van der Waals surface area contributed by atoms with Gasteiger partial charge >= 0.3 is 0 Å². The largest absolute Gasteiger partial charge is 0.386 e. The van der Waals surface area contributed by atoms with E-state index in [1.165, 1.54) is 4.68 Å². The van der Waals surface area contributed by atoms with Crippen LogP contribution >= 0.6 is 15.9 Å². The first-order valence-corrected chi connectivity index (χ1v) is 9.82. The molecule has 1 atom stereocenters. The van der Waals surface area contributed by atoms with Crippen LogP contribution in [0, 0.1) is 6.92 Å². The third-order valence-electron chi connectivity index (χ3n) is 4.77. The zero-order chi connectivity index (χ0) is 19.7. The number of rotatable bonds is 4. The topological polar surface area (TPSA) is 55.1 Å². The summed E-state index contributed by atoms with van der Waals surface area (Å²) in [5.74, 6) is 0. The Kier molecular flexibility index (Phi) is 5.11. The van der Waals surface area contributed by atoms with Gasteiger partial charge in [0.05, 0.1) is 23.7 Å². The Labute approximate surface area is 171 Å². The summed E-state index contributed by atoms with van der Waals surface area (Å²) >= 11 is 3.42. The van der Waals surface area contributed by atoms with E-state index in [1.807, 2.05) is 73.7 Å². The van der Waals surface area contributed by atoms with E-state index in [0.717, 1.165) is 32.2 Å². The van der Waals surface area contributed by atoms with Crippen molar-refractivity contribution in [2.45, 2.75) is 19.6 Å². The third kappa shape index (κ3) is 3.63. The summed E-state index contributed by atoms with van der Waals surface area (Å²) in [6.07, 6.45) is -0.838. The first-order valence-electron chi connectivity index (χ1n) is 9.03. The van der Waals surface area contributed by atoms with Crippen molar-refractivity contribution in [2.75, 3.05) is 0 Å². The van der Waals surface area contributed by atoms with Gasteiger partial charge < -0.3 is 5.11 Å². The number of aliphatic hydroxyl groups is 1. The Morgan fingerprint density at radius 1 is 1.00 bits per heavy atom. The summed E-state index contributed by atoms with van der Waals surface area (Å²) in [7, 11) is 0. The third-order valence-corrected chi connectivity index (χ3v) is 5.27. The van der Waals surface area contributed by atoms with Crippen LogP contribution in [0.3, 0.4) is 0 Å². The fraction of sp³-hybridized carbons (Fsp3) is 0.130. The molecule has 0 amide bonds. The SMILES string of the molecule is Cc1ccc(-c2nn(C[C@@H](O)c3cccc(Br)c3)c(=O)c3ccccc23)cc1. The highest BCUT2D eigenvalue weighted by atomic mass is 79.9. The molecule has 28 heavy (non-hydrogen) atoms. The Morgan fingerprint density at radius 3 is 2.43 bits per heavy atom. The molecule has 0 fully saturated rings. The van der Waals surface area contributed by atoms with Crippen molar-refractivity contribution >= 4 is 26.7 Å². The monoisotopic (exact) mass is 434 g/mol. The highest BCUT2D eigenvalue weighted by Gasteiger charge is 2.16. The van der Waals surface area contributed by atoms with Crippen LogP contribution in [0.2, 0.25) is 0 Å². The van der Waals surface area contributed by atoms with Gasteiger partial charge in [-0.25, -0.2) is 4.68 Å². The number of hydrogen-bond acceptors (Lipinski definition) is 3. The maximum Gasteiger partial charge on any atom is 0.274 e. The lowest BCUT2D eigenvalue weighted by Crippen LogP contribution is -2.26. The summed E-state index contributed by atoms with van der Waals surface area (Å²) in [4.78, 5) is 13.0. The lowest BCUT2D eigenvalue weighted by Gasteiger charge is -2.15. The molecule has 4 nitrogen and oxygen atoms in total. The van der Waals surface area contributed by atoms with Crippen molar-refractivity contribution in [3.8, 4) is 11.3 Å². The maximum atomic E-state index is 13.0. The molecular weight excluding hydrogens is 416 g/mol. The van der Waals surface area contributed by atoms with Crippen LogP contribution < -0.4 is 5.56 Å². The normalized spacial score (nSPS) is 12.2. The van der Waals surface area contributed by atoms with Gasteiger partial charge in [0.15, 0.2) is 0 Å². The van der Waals surface area contributed by atoms with Gasteiger partial charge in [-0.1, -0.05) is 76.1 Å². The van der Waals surface area contributed by atoms with E-state index < -0.39 is 6.10 Å². The molecule has 140 valence electrons. The lowest BCUT2D eigenvalue weighted by molar-refractivity contribution is 0.149. The molecule has 5 heteroatoms. The molecular formula is C23H19BrN2O2. The molecule has 0 saturated carbocycles. The molecule has 1 aromatic heterocycles. The number of aryl methyl sites for hydroxylation is 1. The molecule has 0 saturated heterocycles. The van der Waals surface area contributed by atoms with Crippen LogP contribution in [-0.4, -0.2) is 14.9 Å². The van der Waals surface area contributed by atoms with Crippen LogP contribution in [0.25, 0.3) is 22.0 Å². The van der Waals surface area contributed by atoms with Crippen LogP contribution in [-0.2, 0) is 6.54 Å². The summed E-state index contributed by atoms with van der Waals surface area (Å²) < 4.78 is 2.24. The summed E-state index contributed by atoms with van der Waals surface area (Å²) in [5, 5.41) is 16.7. The standard InChI is InChI=1S/C23H19BrN2O2/c1-15-9-11-16(12-10-15)22-19-7-2-3-8-20(19)23(28)26(25-22)14-21(27)17-5-4-6-18(24)13-17/h2-13,21,27H,14H2,1H3/t21-/m1/s1. The molecule has 1 N–H and O–H groups in total. The van der Waals surface area contributed by atoms with E-state index in [9.17, 15) is 9.90 Å². The van der Waals surface area contributed by atoms with E-state index in [0.29, 0.717) is 5.39 Å². The quantitative estimate of drug-likeness (QED) is 0.498. The predicted octanol–water partition coefficient (Wildman–Crippen LogP) is 4.87. The molecule has 4 aromatic rings. The number of hydrogen-bond donors (Lipinski definition) is 1. The minimum absolute atomic E-state index is 0.0823. The van der Waals surface area contributed by atoms with Gasteiger partial charge in [-0.15, -0.1) is 0 Å². The minimum atomic E-state index is -0.838. The number of aromatic nitrogens is 2. The Balaban J connectivity index is 1.83. The smallest absolute Gasteiger partial charge is 0.274 e. The Hall–Kier alpha value is -2.76. The van der Waals surface area contributed by atoms with E-state index in [-0.39, 0.29) is 12.1 Å². The second-order valence-corrected chi connectivity index (χ2v) is 7.73. The predicted molar refractivity (Wildman–Crippen MR) is 115 cm³/mol. The highest BCUT2D eigenvalue weighted by Crippen LogP contribution is 2.26. The number of halogens is 1. The van der Waals surface area contributed by atoms with Crippen LogP contribution in [0.1, 0.15) is 17.2 Å². The Morgan fingerprint density at radius 2 is 1.71 bits per heavy atom. The van der Waals surface area contributed by atoms with Crippen molar-refractivity contribution in [1.29, 1.82) is 0 Å². The van der Waals surface area contributed by atoms with Gasteiger partial charge in [0.25, 0.3) is 5.56 Å². The molecule has 4 rings (SSSR count). The van der Waals surface area contributed by atoms with Crippen molar-refractivity contribution in [1.82, 2.24) is 9.78 Å². The van der Waals surface area contributed by atoms with Gasteiger partial charge in [0.2, 0.25) is 0 Å². The van der Waals surface area contributed by atoms with Gasteiger partial charge in [0, 0.05) is 15.4 Å². The molecule has 0 aliphatic heterocycles. The first kappa shape index (κ1) is 18.6. The van der Waals surface area contributed by atoms with E-state index in [1.54, 1.807) is 6.07 Å². The van der Waals surface area contributed by atoms with Gasteiger partial charge in [-0.3, -0.25) is 4.79 Å². The van der Waals surface area contributed by atoms with Gasteiger partial charge in [-0.05, 0) is 30.7 Å². The van der Waals surface area contributed by atoms with Gasteiger partial charge in [0.1, 0.15) is 0 Å². The molecule has 0 unspecified atom stereocenters. The summed E-state index contributed by atoms with van der Waals surface area (Å²) in [5.41, 5.74) is 3.35. The summed E-state index contributed by atoms with van der Waals surface area (Å²) in [6, 6.07) is 23.0. The van der Waals surface area contributed by atoms with Gasteiger partial charge in [-0.2, -0.15) is 5.10 Å². The number of benzene rings is 3. The minimum Gasteiger partial charge on any atom is -0.386 e. The second-order valence-electron chi connectivity index (χ2n) is 6.82. The zero-order valence-electron chi connectivity index (χ0n) is 15.3. The summed E-state index contributed by atoms with van der Waals surface area (Å²) in [6.45, 7) is 2.11. The average Bonchev–Trinajstić information content (AvgIpc) is 2.71. The highest BCUT2D eigenvalue weighted by molar-refractivity contribution is 9.10. The first-order chi connectivity index (χ1) is 13.5. The van der Waals surface area contributed by atoms with Crippen LogP contribution in [0.4, 0.5) is 0 Å². The van der Waals surface area contributed by atoms with E-state index in [2.05, 4.69) is 21.0 Å². The zero-order valence-corrected chi connectivity index (χ0v) is 16.9. The van der Waals surface area contributed by atoms with Crippen molar-refractivity contribution in [2.24, 2.45) is 0 Å². The van der Waals surface area contributed by atoms with Crippen molar-refractivity contribution in [3.63, 3.8) is 0 Å². The molecule has 0 spiro atoms. The fourth-order valence-electron chi connectivity index (χ4n) is 3.27. The van der Waals surface area contributed by atoms with Crippen molar-refractivity contribution < 1.29 is 5.11 Å².